The van der Waals surface area contributed by atoms with E-state index in [1.165, 1.54) is 9.47 Å². The molecule has 3 N–H and O–H groups in total. The summed E-state index contributed by atoms with van der Waals surface area (Å²) in [4.78, 5) is 48.3. The van der Waals surface area contributed by atoms with Crippen LogP contribution in [0.25, 0.3) is 22.2 Å². The maximum atomic E-state index is 14.2. The molecule has 2 aromatic carbocycles. The number of rotatable bonds is 8. The number of nitrogen functional groups attached to an aromatic ring is 1. The van der Waals surface area contributed by atoms with Crippen molar-refractivity contribution in [3.63, 3.8) is 0 Å². The van der Waals surface area contributed by atoms with Crippen LogP contribution in [0, 0.1) is 13.8 Å². The Labute approximate surface area is 215 Å². The molecule has 0 fully saturated rings. The summed E-state index contributed by atoms with van der Waals surface area (Å²) in [5.74, 6) is -0.370. The van der Waals surface area contributed by atoms with E-state index in [9.17, 15) is 14.4 Å². The van der Waals surface area contributed by atoms with Gasteiger partial charge in [-0.1, -0.05) is 62.2 Å². The standard InChI is InChI=1S/C29H33N5O3/c1-5-7-15-33(25-26(30)34(14-6-2)29(37)32-27(25)35)28(36)22-17-24(20-13-12-18(3)16-19(20)4)31-23-11-9-8-10-21(22)23/h8-13,16-17H,5-7,14-15,30H2,1-4H3,(H,32,35,37). The molecule has 0 saturated heterocycles. The molecule has 0 spiro atoms. The predicted octanol–water partition coefficient (Wildman–Crippen LogP) is 4.81. The Kier molecular flexibility index (Phi) is 7.57. The second-order valence-corrected chi connectivity index (χ2v) is 9.35. The average molecular weight is 500 g/mol. The molecule has 0 aliphatic rings. The largest absolute Gasteiger partial charge is 0.383 e. The van der Waals surface area contributed by atoms with Gasteiger partial charge in [0, 0.05) is 24.0 Å². The zero-order valence-electron chi connectivity index (χ0n) is 21.8. The van der Waals surface area contributed by atoms with Crippen LogP contribution in [0.15, 0.2) is 58.1 Å². The monoisotopic (exact) mass is 499 g/mol. The summed E-state index contributed by atoms with van der Waals surface area (Å²) in [5, 5.41) is 0.680. The molecule has 0 atom stereocenters. The molecule has 0 radical (unpaired) electrons. The molecule has 37 heavy (non-hydrogen) atoms. The zero-order valence-corrected chi connectivity index (χ0v) is 21.8. The molecule has 8 nitrogen and oxygen atoms in total. The van der Waals surface area contributed by atoms with Crippen molar-refractivity contribution in [3.8, 4) is 11.3 Å². The number of carbonyl (C=O) groups excluding carboxylic acids is 1. The number of aromatic nitrogens is 3. The van der Waals surface area contributed by atoms with E-state index < -0.39 is 11.2 Å². The van der Waals surface area contributed by atoms with E-state index in [2.05, 4.69) is 11.1 Å². The third kappa shape index (κ3) is 5.05. The number of H-pyrrole nitrogens is 1. The second kappa shape index (κ2) is 10.8. The SMILES string of the molecule is CCCCN(C(=O)c1cc(-c2ccc(C)cc2C)nc2ccccc12)c1c(N)n(CCC)c(=O)[nH]c1=O. The molecule has 0 aliphatic carbocycles. The first-order valence-corrected chi connectivity index (χ1v) is 12.7. The van der Waals surface area contributed by atoms with E-state index in [0.717, 1.165) is 23.1 Å². The van der Waals surface area contributed by atoms with Crippen molar-refractivity contribution in [3.05, 3.63) is 86.1 Å². The van der Waals surface area contributed by atoms with Gasteiger partial charge in [0.05, 0.1) is 16.8 Å². The molecule has 0 saturated carbocycles. The predicted molar refractivity (Wildman–Crippen MR) is 149 cm³/mol. The molecule has 4 aromatic rings. The fourth-order valence-electron chi connectivity index (χ4n) is 4.65. The van der Waals surface area contributed by atoms with Crippen molar-refractivity contribution in [2.75, 3.05) is 17.2 Å². The molecule has 2 aromatic heterocycles. The molecule has 0 bridgehead atoms. The lowest BCUT2D eigenvalue weighted by atomic mass is 9.99. The van der Waals surface area contributed by atoms with Crippen LogP contribution in [-0.2, 0) is 6.54 Å². The topological polar surface area (TPSA) is 114 Å². The fraction of sp³-hybridized carbons (Fsp3) is 0.310. The van der Waals surface area contributed by atoms with Crippen molar-refractivity contribution in [2.24, 2.45) is 0 Å². The molecular formula is C29H33N5O3. The smallest absolute Gasteiger partial charge is 0.330 e. The quantitative estimate of drug-likeness (QED) is 0.361. The highest BCUT2D eigenvalue weighted by molar-refractivity contribution is 6.15. The van der Waals surface area contributed by atoms with Crippen molar-refractivity contribution < 1.29 is 4.79 Å². The first kappa shape index (κ1) is 25.9. The summed E-state index contributed by atoms with van der Waals surface area (Å²) in [5.41, 5.74) is 10.0. The maximum absolute atomic E-state index is 14.2. The Hall–Kier alpha value is -4.20. The van der Waals surface area contributed by atoms with Crippen molar-refractivity contribution in [1.82, 2.24) is 14.5 Å². The maximum Gasteiger partial charge on any atom is 0.330 e. The van der Waals surface area contributed by atoms with Crippen molar-refractivity contribution >= 4 is 28.3 Å². The summed E-state index contributed by atoms with van der Waals surface area (Å²) in [6, 6.07) is 15.4. The van der Waals surface area contributed by atoms with Gasteiger partial charge in [0.25, 0.3) is 11.5 Å². The summed E-state index contributed by atoms with van der Waals surface area (Å²) >= 11 is 0. The number of anilines is 2. The molecule has 0 unspecified atom stereocenters. The van der Waals surface area contributed by atoms with Gasteiger partial charge in [-0.05, 0) is 44.4 Å². The van der Waals surface area contributed by atoms with Gasteiger partial charge in [-0.15, -0.1) is 0 Å². The molecule has 4 rings (SSSR count). The van der Waals surface area contributed by atoms with E-state index in [1.54, 1.807) is 6.07 Å². The van der Waals surface area contributed by atoms with Crippen LogP contribution in [-0.4, -0.2) is 27.0 Å². The Bertz CT molecular complexity index is 1590. The summed E-state index contributed by atoms with van der Waals surface area (Å²) in [7, 11) is 0. The molecule has 192 valence electrons. The number of hydrogen-bond donors (Lipinski definition) is 2. The van der Waals surface area contributed by atoms with E-state index in [0.29, 0.717) is 41.5 Å². The summed E-state index contributed by atoms with van der Waals surface area (Å²) in [6.45, 7) is 8.58. The van der Waals surface area contributed by atoms with Gasteiger partial charge in [0.1, 0.15) is 5.82 Å². The molecule has 2 heterocycles. The number of aryl methyl sites for hydroxylation is 2. The Morgan fingerprint density at radius 2 is 1.81 bits per heavy atom. The van der Waals surface area contributed by atoms with Gasteiger partial charge < -0.3 is 10.6 Å². The fourth-order valence-corrected chi connectivity index (χ4v) is 4.65. The highest BCUT2D eigenvalue weighted by Gasteiger charge is 2.27. The minimum atomic E-state index is -0.674. The number of unbranched alkanes of at least 4 members (excludes halogenated alkanes) is 1. The lowest BCUT2D eigenvalue weighted by Crippen LogP contribution is -2.41. The van der Waals surface area contributed by atoms with Gasteiger partial charge in [-0.3, -0.25) is 19.1 Å². The van der Waals surface area contributed by atoms with Gasteiger partial charge in [-0.25, -0.2) is 9.78 Å². The number of nitrogens with one attached hydrogen (secondary N) is 1. The van der Waals surface area contributed by atoms with Crippen LogP contribution in [0.5, 0.6) is 0 Å². The van der Waals surface area contributed by atoms with Crippen LogP contribution in [0.1, 0.15) is 54.6 Å². The Balaban J connectivity index is 1.95. The van der Waals surface area contributed by atoms with Crippen LogP contribution < -0.4 is 21.9 Å². The van der Waals surface area contributed by atoms with Gasteiger partial charge in [-0.2, -0.15) is 0 Å². The van der Waals surface area contributed by atoms with Crippen LogP contribution in [0.3, 0.4) is 0 Å². The summed E-state index contributed by atoms with van der Waals surface area (Å²) in [6.07, 6.45) is 2.11. The Morgan fingerprint density at radius 3 is 2.51 bits per heavy atom. The molecular weight excluding hydrogens is 466 g/mol. The number of aromatic amines is 1. The number of pyridine rings is 1. The number of para-hydroxylation sites is 1. The van der Waals surface area contributed by atoms with Crippen LogP contribution in [0.4, 0.5) is 11.5 Å². The first-order valence-electron chi connectivity index (χ1n) is 12.7. The normalized spacial score (nSPS) is 11.1. The van der Waals surface area contributed by atoms with Gasteiger partial charge in [0.2, 0.25) is 0 Å². The molecule has 0 aliphatic heterocycles. The lowest BCUT2D eigenvalue weighted by Gasteiger charge is -2.25. The number of hydrogen-bond acceptors (Lipinski definition) is 5. The van der Waals surface area contributed by atoms with E-state index in [4.69, 9.17) is 10.7 Å². The van der Waals surface area contributed by atoms with E-state index in [1.807, 2.05) is 64.1 Å². The van der Waals surface area contributed by atoms with E-state index >= 15 is 0 Å². The van der Waals surface area contributed by atoms with E-state index in [-0.39, 0.29) is 24.0 Å². The number of nitrogens with zero attached hydrogens (tertiary/aromatic N) is 3. The average Bonchev–Trinajstić information content (AvgIpc) is 2.87. The second-order valence-electron chi connectivity index (χ2n) is 9.35. The number of carbonyl (C=O) groups is 1. The number of fused-ring (bicyclic) bond motifs is 1. The highest BCUT2D eigenvalue weighted by atomic mass is 16.2. The number of nitrogens with two attached hydrogens (primary N) is 1. The minimum absolute atomic E-state index is 0.000426. The van der Waals surface area contributed by atoms with Crippen LogP contribution >= 0.6 is 0 Å². The highest BCUT2D eigenvalue weighted by Crippen LogP contribution is 2.30. The first-order chi connectivity index (χ1) is 17.8. The van der Waals surface area contributed by atoms with Crippen molar-refractivity contribution in [2.45, 2.75) is 53.5 Å². The number of amides is 1. The Morgan fingerprint density at radius 1 is 1.05 bits per heavy atom. The molecule has 8 heteroatoms. The minimum Gasteiger partial charge on any atom is -0.383 e. The van der Waals surface area contributed by atoms with Gasteiger partial charge in [0.15, 0.2) is 5.69 Å². The summed E-state index contributed by atoms with van der Waals surface area (Å²) < 4.78 is 1.31. The molecule has 1 amide bonds. The third-order valence-corrected chi connectivity index (χ3v) is 6.52. The van der Waals surface area contributed by atoms with Gasteiger partial charge >= 0.3 is 5.69 Å². The van der Waals surface area contributed by atoms with Crippen molar-refractivity contribution in [1.29, 1.82) is 0 Å². The third-order valence-electron chi connectivity index (χ3n) is 6.52. The zero-order chi connectivity index (χ0) is 26.7. The lowest BCUT2D eigenvalue weighted by molar-refractivity contribution is 0.0987. The number of benzene rings is 2. The van der Waals surface area contributed by atoms with Crippen LogP contribution in [0.2, 0.25) is 0 Å².